The third-order valence-corrected chi connectivity index (χ3v) is 4.90. The van der Waals surface area contributed by atoms with Crippen LogP contribution in [0, 0.1) is 5.41 Å². The Morgan fingerprint density at radius 3 is 2.90 bits per heavy atom. The van der Waals surface area contributed by atoms with E-state index in [1.807, 2.05) is 0 Å². The van der Waals surface area contributed by atoms with Gasteiger partial charge >= 0.3 is 0 Å². The number of rotatable bonds is 4. The number of fused-ring (bicyclic) bond motifs is 3. The van der Waals surface area contributed by atoms with E-state index in [9.17, 15) is 0 Å². The maximum Gasteiger partial charge on any atom is 0.0476 e. The van der Waals surface area contributed by atoms with Gasteiger partial charge in [0.15, 0.2) is 0 Å². The number of aromatic nitrogens is 1. The van der Waals surface area contributed by atoms with Crippen molar-refractivity contribution >= 4 is 10.9 Å². The third kappa shape index (κ3) is 2.49. The molecule has 1 aromatic carbocycles. The summed E-state index contributed by atoms with van der Waals surface area (Å²) >= 11 is 0. The van der Waals surface area contributed by atoms with Crippen LogP contribution < -0.4 is 5.32 Å². The average molecular weight is 270 g/mol. The number of nitrogens with one attached hydrogen (secondary N) is 2. The molecule has 1 heterocycles. The van der Waals surface area contributed by atoms with Gasteiger partial charge in [0.05, 0.1) is 0 Å². The maximum absolute atomic E-state index is 3.80. The molecule has 108 valence electrons. The molecule has 0 radical (unpaired) electrons. The standard InChI is InChI=1S/C18H26N2/c1-4-18(2,3)12-19-16-11-7-9-14-13-8-5-6-10-15(13)20-17(14)16/h5-6,8,10,16,19-20H,4,7,9,11-12H2,1-3H3. The summed E-state index contributed by atoms with van der Waals surface area (Å²) in [5, 5.41) is 5.22. The lowest BCUT2D eigenvalue weighted by atomic mass is 9.88. The highest BCUT2D eigenvalue weighted by Gasteiger charge is 2.25. The first kappa shape index (κ1) is 13.7. The number of para-hydroxylation sites is 1. The minimum atomic E-state index is 0.379. The van der Waals surface area contributed by atoms with Gasteiger partial charge in [0.2, 0.25) is 0 Å². The molecule has 1 aliphatic rings. The lowest BCUT2D eigenvalue weighted by Gasteiger charge is -2.29. The highest BCUT2D eigenvalue weighted by molar-refractivity contribution is 5.85. The molecule has 0 bridgehead atoms. The smallest absolute Gasteiger partial charge is 0.0476 e. The van der Waals surface area contributed by atoms with Crippen molar-refractivity contribution in [3.05, 3.63) is 35.5 Å². The maximum atomic E-state index is 3.80. The zero-order valence-corrected chi connectivity index (χ0v) is 12.9. The molecule has 3 rings (SSSR count). The SMILES string of the molecule is CCC(C)(C)CNC1CCCc2c1[nH]c1ccccc21. The molecule has 2 nitrogen and oxygen atoms in total. The fraction of sp³-hybridized carbons (Fsp3) is 0.556. The van der Waals surface area contributed by atoms with Gasteiger partial charge in [-0.2, -0.15) is 0 Å². The van der Waals surface area contributed by atoms with Crippen LogP contribution in [0.25, 0.3) is 10.9 Å². The van der Waals surface area contributed by atoms with Crippen molar-refractivity contribution in [3.63, 3.8) is 0 Å². The highest BCUT2D eigenvalue weighted by Crippen LogP contribution is 2.35. The van der Waals surface area contributed by atoms with Crippen molar-refractivity contribution in [3.8, 4) is 0 Å². The Hall–Kier alpha value is -1.28. The summed E-state index contributed by atoms with van der Waals surface area (Å²) in [6.45, 7) is 8.05. The van der Waals surface area contributed by atoms with Crippen LogP contribution in [0.1, 0.15) is 57.3 Å². The predicted octanol–water partition coefficient (Wildman–Crippen LogP) is 4.57. The summed E-state index contributed by atoms with van der Waals surface area (Å²) < 4.78 is 0. The van der Waals surface area contributed by atoms with Crippen molar-refractivity contribution in [2.75, 3.05) is 6.54 Å². The minimum absolute atomic E-state index is 0.379. The summed E-state index contributed by atoms with van der Waals surface area (Å²) in [6, 6.07) is 9.21. The quantitative estimate of drug-likeness (QED) is 0.836. The van der Waals surface area contributed by atoms with Gasteiger partial charge in [0, 0.05) is 29.2 Å². The van der Waals surface area contributed by atoms with E-state index in [1.165, 1.54) is 42.3 Å². The van der Waals surface area contributed by atoms with E-state index in [1.54, 1.807) is 5.56 Å². The zero-order chi connectivity index (χ0) is 14.2. The molecule has 0 spiro atoms. The van der Waals surface area contributed by atoms with E-state index in [4.69, 9.17) is 0 Å². The first-order valence-corrected chi connectivity index (χ1v) is 7.93. The Morgan fingerprint density at radius 1 is 1.30 bits per heavy atom. The van der Waals surface area contributed by atoms with Crippen LogP contribution in [-0.4, -0.2) is 11.5 Å². The van der Waals surface area contributed by atoms with E-state index in [0.29, 0.717) is 11.5 Å². The molecule has 1 aliphatic carbocycles. The van der Waals surface area contributed by atoms with Gasteiger partial charge in [-0.05, 0) is 42.7 Å². The summed E-state index contributed by atoms with van der Waals surface area (Å²) in [6.07, 6.45) is 4.97. The van der Waals surface area contributed by atoms with Gasteiger partial charge in [-0.1, -0.05) is 39.0 Å². The molecule has 0 saturated carbocycles. The second kappa shape index (κ2) is 5.25. The van der Waals surface area contributed by atoms with Crippen LogP contribution >= 0.6 is 0 Å². The van der Waals surface area contributed by atoms with Crippen molar-refractivity contribution in [1.82, 2.24) is 10.3 Å². The molecule has 0 amide bonds. The molecule has 2 N–H and O–H groups in total. The molecule has 0 fully saturated rings. The Kier molecular flexibility index (Phi) is 3.59. The minimum Gasteiger partial charge on any atom is -0.357 e. The van der Waals surface area contributed by atoms with Gasteiger partial charge in [-0.25, -0.2) is 0 Å². The second-order valence-electron chi connectivity index (χ2n) is 6.91. The van der Waals surface area contributed by atoms with E-state index in [2.05, 4.69) is 55.3 Å². The Balaban J connectivity index is 1.86. The Labute approximate surface area is 122 Å². The predicted molar refractivity (Wildman–Crippen MR) is 86.1 cm³/mol. The highest BCUT2D eigenvalue weighted by atomic mass is 15.0. The van der Waals surface area contributed by atoms with Crippen molar-refractivity contribution < 1.29 is 0 Å². The molecule has 1 atom stereocenters. The molecule has 0 aliphatic heterocycles. The number of aromatic amines is 1. The summed E-state index contributed by atoms with van der Waals surface area (Å²) in [5.74, 6) is 0. The van der Waals surface area contributed by atoms with E-state index < -0.39 is 0 Å². The lowest BCUT2D eigenvalue weighted by molar-refractivity contribution is 0.298. The average Bonchev–Trinajstić information content (AvgIpc) is 2.84. The van der Waals surface area contributed by atoms with E-state index >= 15 is 0 Å². The molecule has 1 unspecified atom stereocenters. The fourth-order valence-electron chi connectivity index (χ4n) is 3.14. The number of aryl methyl sites for hydroxylation is 1. The van der Waals surface area contributed by atoms with Crippen molar-refractivity contribution in [1.29, 1.82) is 0 Å². The number of H-pyrrole nitrogens is 1. The van der Waals surface area contributed by atoms with E-state index in [-0.39, 0.29) is 0 Å². The molecule has 2 aromatic rings. The van der Waals surface area contributed by atoms with Crippen LogP contribution in [-0.2, 0) is 6.42 Å². The van der Waals surface area contributed by atoms with Gasteiger partial charge in [0.25, 0.3) is 0 Å². The van der Waals surface area contributed by atoms with Gasteiger partial charge < -0.3 is 10.3 Å². The van der Waals surface area contributed by atoms with Crippen molar-refractivity contribution in [2.45, 2.75) is 52.5 Å². The molecular weight excluding hydrogens is 244 g/mol. The summed E-state index contributed by atoms with van der Waals surface area (Å²) in [5.41, 5.74) is 4.65. The number of benzene rings is 1. The second-order valence-corrected chi connectivity index (χ2v) is 6.91. The van der Waals surface area contributed by atoms with Crippen LogP contribution in [0.5, 0.6) is 0 Å². The molecule has 0 saturated heterocycles. The molecular formula is C18H26N2. The summed E-state index contributed by atoms with van der Waals surface area (Å²) in [4.78, 5) is 3.66. The van der Waals surface area contributed by atoms with Crippen LogP contribution in [0.3, 0.4) is 0 Å². The normalized spacial score (nSPS) is 19.2. The third-order valence-electron chi connectivity index (χ3n) is 4.90. The van der Waals surface area contributed by atoms with Gasteiger partial charge in [0.1, 0.15) is 0 Å². The van der Waals surface area contributed by atoms with Gasteiger partial charge in [-0.3, -0.25) is 0 Å². The van der Waals surface area contributed by atoms with Gasteiger partial charge in [-0.15, -0.1) is 0 Å². The van der Waals surface area contributed by atoms with Crippen LogP contribution in [0.2, 0.25) is 0 Å². The largest absolute Gasteiger partial charge is 0.357 e. The monoisotopic (exact) mass is 270 g/mol. The first-order valence-electron chi connectivity index (χ1n) is 7.93. The number of hydrogen-bond acceptors (Lipinski definition) is 1. The fourth-order valence-corrected chi connectivity index (χ4v) is 3.14. The zero-order valence-electron chi connectivity index (χ0n) is 12.9. The summed E-state index contributed by atoms with van der Waals surface area (Å²) in [7, 11) is 0. The topological polar surface area (TPSA) is 27.8 Å². The molecule has 2 heteroatoms. The molecule has 1 aromatic heterocycles. The molecule has 20 heavy (non-hydrogen) atoms. The van der Waals surface area contributed by atoms with Crippen molar-refractivity contribution in [2.24, 2.45) is 5.41 Å². The van der Waals surface area contributed by atoms with Crippen LogP contribution in [0.4, 0.5) is 0 Å². The van der Waals surface area contributed by atoms with Crippen LogP contribution in [0.15, 0.2) is 24.3 Å². The van der Waals surface area contributed by atoms with E-state index in [0.717, 1.165) is 6.54 Å². The Bertz CT molecular complexity index is 594. The number of hydrogen-bond donors (Lipinski definition) is 2. The first-order chi connectivity index (χ1) is 9.61. The lowest BCUT2D eigenvalue weighted by Crippen LogP contribution is -2.33. The Morgan fingerprint density at radius 2 is 2.10 bits per heavy atom.